The van der Waals surface area contributed by atoms with Gasteiger partial charge in [-0.1, -0.05) is 44.2 Å². The third-order valence-corrected chi connectivity index (χ3v) is 3.05. The summed E-state index contributed by atoms with van der Waals surface area (Å²) in [6.45, 7) is 3.23. The SMILES string of the molecule is CC(C)(CC(=O)COP(=O)(O)O)c1ccccc1. The van der Waals surface area contributed by atoms with Gasteiger partial charge in [-0.2, -0.15) is 0 Å². The number of carbonyl (C=O) groups excluding carboxylic acids is 1. The number of Topliss-reactive ketones (excluding diaryl/α,β-unsaturated/α-hetero) is 1. The lowest BCUT2D eigenvalue weighted by atomic mass is 9.80. The Kier molecular flexibility index (Phi) is 4.82. The Morgan fingerprint density at radius 2 is 1.83 bits per heavy atom. The summed E-state index contributed by atoms with van der Waals surface area (Å²) >= 11 is 0. The molecule has 0 aliphatic rings. The average molecular weight is 272 g/mol. The van der Waals surface area contributed by atoms with Gasteiger partial charge in [-0.3, -0.25) is 9.32 Å². The molecule has 6 heteroatoms. The molecule has 0 amide bonds. The van der Waals surface area contributed by atoms with Crippen LogP contribution in [0.5, 0.6) is 0 Å². The third kappa shape index (κ3) is 5.10. The van der Waals surface area contributed by atoms with Crippen LogP contribution in [0.15, 0.2) is 30.3 Å². The number of phosphoric ester groups is 1. The lowest BCUT2D eigenvalue weighted by Gasteiger charge is -2.24. The van der Waals surface area contributed by atoms with Crippen LogP contribution in [0.1, 0.15) is 25.8 Å². The summed E-state index contributed by atoms with van der Waals surface area (Å²) in [4.78, 5) is 28.6. The number of rotatable bonds is 6. The van der Waals surface area contributed by atoms with Gasteiger partial charge in [0.2, 0.25) is 0 Å². The lowest BCUT2D eigenvalue weighted by molar-refractivity contribution is -0.122. The summed E-state index contributed by atoms with van der Waals surface area (Å²) in [5, 5.41) is 0. The van der Waals surface area contributed by atoms with E-state index >= 15 is 0 Å². The molecule has 0 spiro atoms. The molecule has 0 atom stereocenters. The highest BCUT2D eigenvalue weighted by atomic mass is 31.2. The van der Waals surface area contributed by atoms with Crippen molar-refractivity contribution in [3.05, 3.63) is 35.9 Å². The van der Waals surface area contributed by atoms with Crippen molar-refractivity contribution >= 4 is 13.6 Å². The monoisotopic (exact) mass is 272 g/mol. The van der Waals surface area contributed by atoms with E-state index in [4.69, 9.17) is 9.79 Å². The van der Waals surface area contributed by atoms with Crippen LogP contribution in [-0.4, -0.2) is 22.2 Å². The van der Waals surface area contributed by atoms with Crippen molar-refractivity contribution in [2.45, 2.75) is 25.7 Å². The zero-order chi connectivity index (χ0) is 13.8. The minimum absolute atomic E-state index is 0.164. The van der Waals surface area contributed by atoms with E-state index < -0.39 is 19.8 Å². The molecule has 100 valence electrons. The second kappa shape index (κ2) is 5.76. The summed E-state index contributed by atoms with van der Waals surface area (Å²) in [5.74, 6) is -0.341. The van der Waals surface area contributed by atoms with Gasteiger partial charge in [0.05, 0.1) is 0 Å². The average Bonchev–Trinajstić information content (AvgIpc) is 2.26. The van der Waals surface area contributed by atoms with Crippen LogP contribution in [0.4, 0.5) is 0 Å². The number of ketones is 1. The molecule has 5 nitrogen and oxygen atoms in total. The van der Waals surface area contributed by atoms with E-state index in [1.165, 1.54) is 0 Å². The molecule has 1 aromatic carbocycles. The molecule has 0 heterocycles. The standard InChI is InChI=1S/C12H17O5P/c1-12(2,10-6-4-3-5-7-10)8-11(13)9-17-18(14,15)16/h3-7H,8-9H2,1-2H3,(H2,14,15,16). The molecule has 1 rings (SSSR count). The Balaban J connectivity index is 2.61. The second-order valence-corrected chi connectivity index (χ2v) is 5.97. The van der Waals surface area contributed by atoms with Crippen molar-refractivity contribution in [2.75, 3.05) is 6.61 Å². The predicted molar refractivity (Wildman–Crippen MR) is 67.1 cm³/mol. The topological polar surface area (TPSA) is 83.8 Å². The Morgan fingerprint density at radius 1 is 1.28 bits per heavy atom. The van der Waals surface area contributed by atoms with Crippen molar-refractivity contribution in [3.63, 3.8) is 0 Å². The molecule has 2 N–H and O–H groups in total. The Labute approximate surface area is 106 Å². The fraction of sp³-hybridized carbons (Fsp3) is 0.417. The first-order chi connectivity index (χ1) is 8.21. The van der Waals surface area contributed by atoms with Crippen LogP contribution in [0.25, 0.3) is 0 Å². The molecule has 18 heavy (non-hydrogen) atoms. The molecule has 0 saturated carbocycles. The highest BCUT2D eigenvalue weighted by Gasteiger charge is 2.25. The van der Waals surface area contributed by atoms with Crippen molar-refractivity contribution in [1.29, 1.82) is 0 Å². The van der Waals surface area contributed by atoms with Crippen LogP contribution >= 0.6 is 7.82 Å². The molecule has 0 aliphatic heterocycles. The molecule has 0 fully saturated rings. The molecular weight excluding hydrogens is 255 g/mol. The summed E-state index contributed by atoms with van der Waals surface area (Å²) in [7, 11) is -4.58. The minimum Gasteiger partial charge on any atom is -0.303 e. The molecule has 1 aromatic rings. The van der Waals surface area contributed by atoms with E-state index in [2.05, 4.69) is 4.52 Å². The van der Waals surface area contributed by atoms with E-state index in [0.29, 0.717) is 0 Å². The highest BCUT2D eigenvalue weighted by molar-refractivity contribution is 7.46. The second-order valence-electron chi connectivity index (χ2n) is 4.73. The maximum atomic E-state index is 11.6. The molecular formula is C12H17O5P. The highest BCUT2D eigenvalue weighted by Crippen LogP contribution is 2.36. The summed E-state index contributed by atoms with van der Waals surface area (Å²) in [6, 6.07) is 9.48. The fourth-order valence-corrected chi connectivity index (χ4v) is 2.00. The lowest BCUT2D eigenvalue weighted by Crippen LogP contribution is -2.24. The van der Waals surface area contributed by atoms with Gasteiger partial charge in [-0.05, 0) is 11.0 Å². The van der Waals surface area contributed by atoms with E-state index in [-0.39, 0.29) is 12.2 Å². The van der Waals surface area contributed by atoms with E-state index in [1.54, 1.807) is 0 Å². The maximum absolute atomic E-state index is 11.6. The Morgan fingerprint density at radius 3 is 2.33 bits per heavy atom. The zero-order valence-electron chi connectivity index (χ0n) is 10.4. The smallest absolute Gasteiger partial charge is 0.303 e. The third-order valence-electron chi connectivity index (χ3n) is 2.59. The summed E-state index contributed by atoms with van der Waals surface area (Å²) < 4.78 is 14.7. The predicted octanol–water partition coefficient (Wildman–Crippen LogP) is 2.03. The van der Waals surface area contributed by atoms with Gasteiger partial charge in [0.1, 0.15) is 6.61 Å². The van der Waals surface area contributed by atoms with E-state index in [1.807, 2.05) is 44.2 Å². The normalized spacial score (nSPS) is 12.4. The minimum atomic E-state index is -4.58. The number of hydrogen-bond donors (Lipinski definition) is 2. The zero-order valence-corrected chi connectivity index (χ0v) is 11.3. The Hall–Kier alpha value is -1.00. The van der Waals surface area contributed by atoms with Crippen molar-refractivity contribution in [1.82, 2.24) is 0 Å². The van der Waals surface area contributed by atoms with Crippen molar-refractivity contribution < 1.29 is 23.7 Å². The van der Waals surface area contributed by atoms with Gasteiger partial charge in [-0.15, -0.1) is 0 Å². The van der Waals surface area contributed by atoms with Gasteiger partial charge in [0.15, 0.2) is 5.78 Å². The summed E-state index contributed by atoms with van der Waals surface area (Å²) in [5.41, 5.74) is 0.603. The molecule has 0 radical (unpaired) electrons. The number of carbonyl (C=O) groups is 1. The van der Waals surface area contributed by atoms with Crippen LogP contribution in [0.2, 0.25) is 0 Å². The molecule has 0 bridgehead atoms. The van der Waals surface area contributed by atoms with Crippen LogP contribution in [0, 0.1) is 0 Å². The van der Waals surface area contributed by atoms with Crippen LogP contribution in [-0.2, 0) is 19.3 Å². The number of phosphoric acid groups is 1. The molecule has 0 unspecified atom stereocenters. The largest absolute Gasteiger partial charge is 0.470 e. The van der Waals surface area contributed by atoms with Crippen molar-refractivity contribution in [2.24, 2.45) is 0 Å². The molecule has 0 aromatic heterocycles. The van der Waals surface area contributed by atoms with Crippen molar-refractivity contribution in [3.8, 4) is 0 Å². The maximum Gasteiger partial charge on any atom is 0.470 e. The first-order valence-electron chi connectivity index (χ1n) is 5.48. The summed E-state index contributed by atoms with van der Waals surface area (Å²) in [6.07, 6.45) is 0.164. The Bertz CT molecular complexity index is 449. The van der Waals surface area contributed by atoms with Gasteiger partial charge >= 0.3 is 7.82 Å². The van der Waals surface area contributed by atoms with E-state index in [0.717, 1.165) is 5.56 Å². The first-order valence-corrected chi connectivity index (χ1v) is 7.01. The number of hydrogen-bond acceptors (Lipinski definition) is 3. The molecule has 0 aliphatic carbocycles. The fourth-order valence-electron chi connectivity index (χ4n) is 1.69. The van der Waals surface area contributed by atoms with Gasteiger partial charge < -0.3 is 9.79 Å². The van der Waals surface area contributed by atoms with Gasteiger partial charge in [-0.25, -0.2) is 4.57 Å². The van der Waals surface area contributed by atoms with Crippen LogP contribution in [0.3, 0.4) is 0 Å². The van der Waals surface area contributed by atoms with Gasteiger partial charge in [0.25, 0.3) is 0 Å². The quantitative estimate of drug-likeness (QED) is 0.774. The van der Waals surface area contributed by atoms with E-state index in [9.17, 15) is 9.36 Å². The van der Waals surface area contributed by atoms with Crippen LogP contribution < -0.4 is 0 Å². The number of benzene rings is 1. The first kappa shape index (κ1) is 15.1. The van der Waals surface area contributed by atoms with Gasteiger partial charge in [0, 0.05) is 6.42 Å². The molecule has 0 saturated heterocycles.